The van der Waals surface area contributed by atoms with Gasteiger partial charge < -0.3 is 10.6 Å². The number of hydrogen-bond donors (Lipinski definition) is 2. The second-order valence-corrected chi connectivity index (χ2v) is 6.87. The van der Waals surface area contributed by atoms with E-state index in [1.165, 1.54) is 4.88 Å². The first-order valence-electron chi connectivity index (χ1n) is 8.23. The van der Waals surface area contributed by atoms with E-state index in [2.05, 4.69) is 27.6 Å². The van der Waals surface area contributed by atoms with Crippen molar-refractivity contribution in [2.24, 2.45) is 0 Å². The Balaban J connectivity index is 1.50. The third-order valence-corrected chi connectivity index (χ3v) is 4.87. The van der Waals surface area contributed by atoms with Gasteiger partial charge in [0.25, 0.3) is 0 Å². The minimum Gasteiger partial charge on any atom is -0.343 e. The number of aromatic nitrogens is 3. The highest BCUT2D eigenvalue weighted by Gasteiger charge is 2.15. The topological polar surface area (TPSA) is 88.9 Å². The van der Waals surface area contributed by atoms with Gasteiger partial charge in [-0.1, -0.05) is 13.0 Å². The Bertz CT molecular complexity index is 888. The number of nitrogens with one attached hydrogen (secondary N) is 2. The van der Waals surface area contributed by atoms with Crippen LogP contribution in [-0.2, 0) is 29.1 Å². The van der Waals surface area contributed by atoms with Crippen LogP contribution in [0.25, 0.3) is 0 Å². The summed E-state index contributed by atoms with van der Waals surface area (Å²) < 4.78 is 1.67. The van der Waals surface area contributed by atoms with Gasteiger partial charge in [0.15, 0.2) is 5.82 Å². The minimum absolute atomic E-state index is 0.332. The molecule has 0 atom stereocenters. The maximum Gasteiger partial charge on any atom is 0.314 e. The summed E-state index contributed by atoms with van der Waals surface area (Å²) in [6.45, 7) is 2.95. The summed E-state index contributed by atoms with van der Waals surface area (Å²) in [5.74, 6) is -1.08. The number of nitrogens with zero attached hydrogens (tertiary/aromatic N) is 3. The monoisotopic (exact) mass is 369 g/mol. The number of anilines is 1. The summed E-state index contributed by atoms with van der Waals surface area (Å²) in [4.78, 5) is 30.2. The number of hydrogen-bond acceptors (Lipinski definition) is 5. The summed E-state index contributed by atoms with van der Waals surface area (Å²) in [7, 11) is 0. The van der Waals surface area contributed by atoms with E-state index in [0.717, 1.165) is 16.9 Å². The van der Waals surface area contributed by atoms with Crippen LogP contribution in [0.1, 0.15) is 22.2 Å². The summed E-state index contributed by atoms with van der Waals surface area (Å²) in [6.07, 6.45) is 6.15. The van der Waals surface area contributed by atoms with Gasteiger partial charge in [-0.25, -0.2) is 0 Å². The molecule has 0 bridgehead atoms. The molecule has 3 rings (SSSR count). The van der Waals surface area contributed by atoms with Gasteiger partial charge in [0.1, 0.15) is 0 Å². The van der Waals surface area contributed by atoms with Gasteiger partial charge in [-0.3, -0.25) is 19.3 Å². The zero-order chi connectivity index (χ0) is 18.4. The molecule has 0 aliphatic carbocycles. The number of carbonyl (C=O) groups is 2. The Labute approximate surface area is 155 Å². The van der Waals surface area contributed by atoms with Crippen molar-refractivity contribution in [3.63, 3.8) is 0 Å². The predicted molar refractivity (Wildman–Crippen MR) is 99.7 cm³/mol. The maximum atomic E-state index is 12.0. The molecule has 0 aromatic carbocycles. The molecule has 26 heavy (non-hydrogen) atoms. The van der Waals surface area contributed by atoms with E-state index in [-0.39, 0.29) is 0 Å². The number of aryl methyl sites for hydroxylation is 1. The van der Waals surface area contributed by atoms with Crippen molar-refractivity contribution < 1.29 is 9.59 Å². The summed E-state index contributed by atoms with van der Waals surface area (Å²) in [5.41, 5.74) is 0.994. The van der Waals surface area contributed by atoms with E-state index >= 15 is 0 Å². The molecular weight excluding hydrogens is 350 g/mol. The lowest BCUT2D eigenvalue weighted by Crippen LogP contribution is -2.34. The van der Waals surface area contributed by atoms with Crippen LogP contribution in [0.15, 0.2) is 48.9 Å². The Morgan fingerprint density at radius 1 is 1.15 bits per heavy atom. The van der Waals surface area contributed by atoms with E-state index in [9.17, 15) is 9.59 Å². The Morgan fingerprint density at radius 3 is 2.73 bits per heavy atom. The minimum atomic E-state index is -0.733. The molecule has 3 aromatic heterocycles. The first-order valence-corrected chi connectivity index (χ1v) is 9.05. The standard InChI is InChI=1S/C18H19N5O2S/c1-2-14-5-6-15(26-14)11-20-17(24)18(25)21-16-7-9-23(22-16)12-13-4-3-8-19-10-13/h3-10H,2,11-12H2,1H3,(H,20,24)(H,21,22,25). The summed E-state index contributed by atoms with van der Waals surface area (Å²) in [6, 6.07) is 9.43. The number of rotatable bonds is 6. The number of carbonyl (C=O) groups excluding carboxylic acids is 2. The van der Waals surface area contributed by atoms with E-state index in [1.54, 1.807) is 40.7 Å². The first-order chi connectivity index (χ1) is 12.6. The Hall–Kier alpha value is -3.00. The largest absolute Gasteiger partial charge is 0.343 e. The molecule has 8 heteroatoms. The zero-order valence-electron chi connectivity index (χ0n) is 14.3. The molecule has 0 unspecified atom stereocenters. The summed E-state index contributed by atoms with van der Waals surface area (Å²) >= 11 is 1.63. The van der Waals surface area contributed by atoms with Crippen LogP contribution in [-0.4, -0.2) is 26.6 Å². The molecule has 2 N–H and O–H groups in total. The van der Waals surface area contributed by atoms with Gasteiger partial charge in [0.2, 0.25) is 0 Å². The number of thiophene rings is 1. The van der Waals surface area contributed by atoms with Gasteiger partial charge in [0.05, 0.1) is 13.1 Å². The normalized spacial score (nSPS) is 10.5. The van der Waals surface area contributed by atoms with Crippen molar-refractivity contribution in [3.05, 3.63) is 64.2 Å². The summed E-state index contributed by atoms with van der Waals surface area (Å²) in [5, 5.41) is 9.36. The quantitative estimate of drug-likeness (QED) is 0.652. The molecular formula is C18H19N5O2S. The lowest BCUT2D eigenvalue weighted by atomic mass is 10.3. The Morgan fingerprint density at radius 2 is 2.00 bits per heavy atom. The highest BCUT2D eigenvalue weighted by molar-refractivity contribution is 7.11. The molecule has 134 valence electrons. The van der Waals surface area contributed by atoms with Crippen LogP contribution in [0.4, 0.5) is 5.82 Å². The van der Waals surface area contributed by atoms with Gasteiger partial charge in [-0.2, -0.15) is 5.10 Å². The molecule has 3 aromatic rings. The highest BCUT2D eigenvalue weighted by atomic mass is 32.1. The van der Waals surface area contributed by atoms with Gasteiger partial charge in [0, 0.05) is 34.4 Å². The van der Waals surface area contributed by atoms with Gasteiger partial charge in [-0.05, 0) is 30.2 Å². The zero-order valence-corrected chi connectivity index (χ0v) is 15.1. The second kappa shape index (κ2) is 8.39. The van der Waals surface area contributed by atoms with Crippen molar-refractivity contribution in [1.29, 1.82) is 0 Å². The molecule has 0 radical (unpaired) electrons. The van der Waals surface area contributed by atoms with Crippen molar-refractivity contribution in [1.82, 2.24) is 20.1 Å². The van der Waals surface area contributed by atoms with E-state index < -0.39 is 11.8 Å². The lowest BCUT2D eigenvalue weighted by molar-refractivity contribution is -0.136. The van der Waals surface area contributed by atoms with Crippen LogP contribution in [0.5, 0.6) is 0 Å². The van der Waals surface area contributed by atoms with Crippen molar-refractivity contribution in [3.8, 4) is 0 Å². The Kier molecular flexibility index (Phi) is 5.75. The van der Waals surface area contributed by atoms with Crippen LogP contribution in [0.3, 0.4) is 0 Å². The fourth-order valence-corrected chi connectivity index (χ4v) is 3.22. The molecule has 0 aliphatic heterocycles. The molecule has 0 spiro atoms. The van der Waals surface area contributed by atoms with Crippen LogP contribution in [0, 0.1) is 0 Å². The van der Waals surface area contributed by atoms with Crippen molar-refractivity contribution in [2.45, 2.75) is 26.4 Å². The van der Waals surface area contributed by atoms with E-state index in [4.69, 9.17) is 0 Å². The fourth-order valence-electron chi connectivity index (χ4n) is 2.32. The van der Waals surface area contributed by atoms with Gasteiger partial charge in [-0.15, -0.1) is 11.3 Å². The molecule has 7 nitrogen and oxygen atoms in total. The van der Waals surface area contributed by atoms with Crippen LogP contribution < -0.4 is 10.6 Å². The molecule has 2 amide bonds. The third-order valence-electron chi connectivity index (χ3n) is 3.64. The maximum absolute atomic E-state index is 12.0. The lowest BCUT2D eigenvalue weighted by Gasteiger charge is -2.04. The van der Waals surface area contributed by atoms with E-state index in [1.807, 2.05) is 24.3 Å². The second-order valence-electron chi connectivity index (χ2n) is 5.62. The van der Waals surface area contributed by atoms with Crippen LogP contribution >= 0.6 is 11.3 Å². The average Bonchev–Trinajstić information content (AvgIpc) is 3.29. The number of amides is 2. The molecule has 0 aliphatic rings. The average molecular weight is 369 g/mol. The first kappa shape index (κ1) is 17.8. The SMILES string of the molecule is CCc1ccc(CNC(=O)C(=O)Nc2ccn(Cc3cccnc3)n2)s1. The van der Waals surface area contributed by atoms with E-state index in [0.29, 0.717) is 18.9 Å². The fraction of sp³-hybridized carbons (Fsp3) is 0.222. The van der Waals surface area contributed by atoms with Gasteiger partial charge >= 0.3 is 11.8 Å². The smallest absolute Gasteiger partial charge is 0.314 e. The molecule has 3 heterocycles. The van der Waals surface area contributed by atoms with Crippen molar-refractivity contribution in [2.75, 3.05) is 5.32 Å². The predicted octanol–water partition coefficient (Wildman–Crippen LogP) is 2.21. The third kappa shape index (κ3) is 4.76. The van der Waals surface area contributed by atoms with Crippen molar-refractivity contribution >= 4 is 29.0 Å². The highest BCUT2D eigenvalue weighted by Crippen LogP contribution is 2.16. The molecule has 0 fully saturated rings. The molecule has 0 saturated carbocycles. The molecule has 0 saturated heterocycles. The van der Waals surface area contributed by atoms with Crippen LogP contribution in [0.2, 0.25) is 0 Å². The number of pyridine rings is 1.